The van der Waals surface area contributed by atoms with Gasteiger partial charge in [-0.05, 0) is 0 Å². The Morgan fingerprint density at radius 2 is 2.00 bits per heavy atom. The van der Waals surface area contributed by atoms with Crippen LogP contribution in [-0.4, -0.2) is 18.9 Å². The molecule has 0 saturated heterocycles. The van der Waals surface area contributed by atoms with Crippen molar-refractivity contribution >= 4 is 11.8 Å². The molecule has 0 aliphatic heterocycles. The molecule has 1 radical (unpaired) electrons. The second kappa shape index (κ2) is 4.06. The number of nitrogens with two attached hydrogens (primary N) is 1. The molecule has 69 valence electrons. The van der Waals surface area contributed by atoms with Crippen molar-refractivity contribution in [1.29, 1.82) is 0 Å². The number of hydrogen-bond donors (Lipinski definition) is 2. The summed E-state index contributed by atoms with van der Waals surface area (Å²) >= 11 is 0. The van der Waals surface area contributed by atoms with Gasteiger partial charge in [-0.3, -0.25) is 14.4 Å². The number of carbonyl (C=O) groups is 2. The fraction of sp³-hybridized carbons (Fsp3) is 0.571. The van der Waals surface area contributed by atoms with Gasteiger partial charge in [0, 0.05) is 0 Å². The molecule has 0 aromatic heterocycles. The van der Waals surface area contributed by atoms with E-state index in [4.69, 9.17) is 5.73 Å². The lowest BCUT2D eigenvalue weighted by Crippen LogP contribution is -2.37. The number of primary amides is 1. The van der Waals surface area contributed by atoms with E-state index in [0.29, 0.717) is 0 Å². The fourth-order valence-electron chi connectivity index (χ4n) is 0.529. The highest BCUT2D eigenvalue weighted by molar-refractivity contribution is 5.93. The lowest BCUT2D eigenvalue weighted by molar-refractivity contribution is -0.133. The van der Waals surface area contributed by atoms with E-state index >= 15 is 0 Å². The summed E-state index contributed by atoms with van der Waals surface area (Å²) in [6.07, 6.45) is 1.17. The lowest BCUT2D eigenvalue weighted by atomic mass is 9.88. The molecule has 0 heterocycles. The van der Waals surface area contributed by atoms with Crippen LogP contribution in [0.2, 0.25) is 0 Å². The standard InChI is InChI=1S/C7H13N2O3/c1-7(2,6(8)11)4-5(10)9-12-3/h4H,1-3H3,(H2,8,11)(H,9,10). The number of rotatable bonds is 4. The Bertz CT molecular complexity index is 189. The monoisotopic (exact) mass is 173 g/mol. The van der Waals surface area contributed by atoms with Crippen LogP contribution in [-0.2, 0) is 14.4 Å². The van der Waals surface area contributed by atoms with E-state index in [1.807, 2.05) is 0 Å². The largest absolute Gasteiger partial charge is 0.369 e. The molecule has 0 aliphatic carbocycles. The number of nitrogens with one attached hydrogen (secondary N) is 1. The molecule has 12 heavy (non-hydrogen) atoms. The van der Waals surface area contributed by atoms with Crippen LogP contribution in [0.5, 0.6) is 0 Å². The molecule has 0 atom stereocenters. The smallest absolute Gasteiger partial charge is 0.248 e. The van der Waals surface area contributed by atoms with E-state index in [0.717, 1.165) is 0 Å². The van der Waals surface area contributed by atoms with Crippen molar-refractivity contribution < 1.29 is 14.4 Å². The van der Waals surface area contributed by atoms with Gasteiger partial charge in [0.2, 0.25) is 11.8 Å². The highest BCUT2D eigenvalue weighted by Gasteiger charge is 2.28. The molecule has 0 fully saturated rings. The van der Waals surface area contributed by atoms with Crippen LogP contribution in [0, 0.1) is 11.8 Å². The van der Waals surface area contributed by atoms with E-state index in [1.165, 1.54) is 13.5 Å². The van der Waals surface area contributed by atoms with Crippen LogP contribution >= 0.6 is 0 Å². The van der Waals surface area contributed by atoms with Crippen molar-refractivity contribution in [2.45, 2.75) is 13.8 Å². The highest BCUT2D eigenvalue weighted by atomic mass is 16.6. The van der Waals surface area contributed by atoms with Gasteiger partial charge in [-0.25, -0.2) is 5.48 Å². The average Bonchev–Trinajstić information content (AvgIpc) is 1.85. The highest BCUT2D eigenvalue weighted by Crippen LogP contribution is 2.17. The minimum absolute atomic E-state index is 0.485. The van der Waals surface area contributed by atoms with E-state index < -0.39 is 17.2 Å². The summed E-state index contributed by atoms with van der Waals surface area (Å²) in [4.78, 5) is 25.9. The molecule has 0 rings (SSSR count). The number of hydrogen-bond acceptors (Lipinski definition) is 3. The van der Waals surface area contributed by atoms with Gasteiger partial charge in [-0.2, -0.15) is 0 Å². The summed E-state index contributed by atoms with van der Waals surface area (Å²) in [6.45, 7) is 3.09. The molecule has 0 spiro atoms. The maximum atomic E-state index is 10.9. The zero-order valence-electron chi connectivity index (χ0n) is 7.38. The molecule has 5 heteroatoms. The first-order chi connectivity index (χ1) is 5.40. The summed E-state index contributed by atoms with van der Waals surface area (Å²) in [7, 11) is 1.31. The number of hydroxylamine groups is 1. The Morgan fingerprint density at radius 3 is 2.33 bits per heavy atom. The van der Waals surface area contributed by atoms with Crippen molar-refractivity contribution in [3.8, 4) is 0 Å². The van der Waals surface area contributed by atoms with Gasteiger partial charge in [0.1, 0.15) is 0 Å². The second-order valence-corrected chi connectivity index (χ2v) is 2.90. The normalized spacial score (nSPS) is 10.9. The van der Waals surface area contributed by atoms with Crippen LogP contribution in [0.25, 0.3) is 0 Å². The molecule has 0 bridgehead atoms. The molecule has 3 N–H and O–H groups in total. The summed E-state index contributed by atoms with van der Waals surface area (Å²) in [6, 6.07) is 0. The third-order valence-corrected chi connectivity index (χ3v) is 1.33. The summed E-state index contributed by atoms with van der Waals surface area (Å²) in [5.41, 5.74) is 6.12. The van der Waals surface area contributed by atoms with Crippen molar-refractivity contribution in [3.05, 3.63) is 6.42 Å². The van der Waals surface area contributed by atoms with Crippen molar-refractivity contribution in [1.82, 2.24) is 5.48 Å². The molecule has 5 nitrogen and oxygen atoms in total. The van der Waals surface area contributed by atoms with E-state index in [1.54, 1.807) is 13.8 Å². The van der Waals surface area contributed by atoms with E-state index in [-0.39, 0.29) is 0 Å². The Labute approximate surface area is 71.2 Å². The van der Waals surface area contributed by atoms with Gasteiger partial charge in [0.05, 0.1) is 18.9 Å². The van der Waals surface area contributed by atoms with Crippen molar-refractivity contribution in [3.63, 3.8) is 0 Å². The lowest BCUT2D eigenvalue weighted by Gasteiger charge is -2.18. The molecule has 0 saturated carbocycles. The molecule has 0 unspecified atom stereocenters. The van der Waals surface area contributed by atoms with Gasteiger partial charge >= 0.3 is 0 Å². The van der Waals surface area contributed by atoms with Gasteiger partial charge in [0.15, 0.2) is 0 Å². The van der Waals surface area contributed by atoms with Gasteiger partial charge in [-0.1, -0.05) is 13.8 Å². The molecular formula is C7H13N2O3. The first-order valence-corrected chi connectivity index (χ1v) is 3.39. The first-order valence-electron chi connectivity index (χ1n) is 3.39. The van der Waals surface area contributed by atoms with Crippen molar-refractivity contribution in [2.24, 2.45) is 11.1 Å². The Morgan fingerprint density at radius 1 is 1.50 bits per heavy atom. The van der Waals surface area contributed by atoms with Crippen LogP contribution in [0.1, 0.15) is 13.8 Å². The predicted molar refractivity (Wildman–Crippen MR) is 42.4 cm³/mol. The van der Waals surface area contributed by atoms with Gasteiger partial charge in [-0.15, -0.1) is 0 Å². The van der Waals surface area contributed by atoms with Gasteiger partial charge < -0.3 is 5.73 Å². The maximum Gasteiger partial charge on any atom is 0.248 e. The number of carbonyl (C=O) groups excluding carboxylic acids is 2. The first kappa shape index (κ1) is 10.9. The average molecular weight is 173 g/mol. The van der Waals surface area contributed by atoms with Crippen molar-refractivity contribution in [2.75, 3.05) is 7.11 Å². The number of amides is 2. The van der Waals surface area contributed by atoms with E-state index in [9.17, 15) is 9.59 Å². The van der Waals surface area contributed by atoms with Gasteiger partial charge in [0.25, 0.3) is 0 Å². The molecule has 0 aliphatic rings. The topological polar surface area (TPSA) is 81.4 Å². The van der Waals surface area contributed by atoms with Crippen LogP contribution in [0.3, 0.4) is 0 Å². The predicted octanol–water partition coefficient (Wildman–Crippen LogP) is -0.620. The molecule has 0 aromatic carbocycles. The zero-order chi connectivity index (χ0) is 9.78. The quantitative estimate of drug-likeness (QED) is 0.556. The third kappa shape index (κ3) is 3.34. The summed E-state index contributed by atoms with van der Waals surface area (Å²) in [5, 5.41) is 0. The third-order valence-electron chi connectivity index (χ3n) is 1.33. The molecular weight excluding hydrogens is 160 g/mol. The minimum Gasteiger partial charge on any atom is -0.369 e. The molecule has 2 amide bonds. The molecule has 0 aromatic rings. The van der Waals surface area contributed by atoms with Crippen LogP contribution < -0.4 is 11.2 Å². The Kier molecular flexibility index (Phi) is 3.69. The van der Waals surface area contributed by atoms with E-state index in [2.05, 4.69) is 10.3 Å². The maximum absolute atomic E-state index is 10.9. The zero-order valence-corrected chi connectivity index (χ0v) is 7.38. The minimum atomic E-state index is -0.956. The summed E-state index contributed by atoms with van der Waals surface area (Å²) in [5.74, 6) is -1.05. The fourth-order valence-corrected chi connectivity index (χ4v) is 0.529. The summed E-state index contributed by atoms with van der Waals surface area (Å²) < 4.78 is 0. The Hall–Kier alpha value is -1.10. The van der Waals surface area contributed by atoms with Crippen LogP contribution in [0.4, 0.5) is 0 Å². The van der Waals surface area contributed by atoms with Crippen LogP contribution in [0.15, 0.2) is 0 Å². The SMILES string of the molecule is CONC(=O)[CH]C(C)(C)C(N)=O. The second-order valence-electron chi connectivity index (χ2n) is 2.90. The Balaban J connectivity index is 4.06.